The Morgan fingerprint density at radius 1 is 1.04 bits per heavy atom. The molecule has 2 heterocycles. The van der Waals surface area contributed by atoms with Crippen LogP contribution >= 0.6 is 0 Å². The minimum atomic E-state index is -0.831. The summed E-state index contributed by atoms with van der Waals surface area (Å²) in [5.41, 5.74) is 0. The van der Waals surface area contributed by atoms with E-state index in [1.165, 1.54) is 0 Å². The Kier molecular flexibility index (Phi) is 7.76. The second-order valence-corrected chi connectivity index (χ2v) is 7.53. The molecule has 2 aliphatic rings. The van der Waals surface area contributed by atoms with Crippen molar-refractivity contribution in [2.45, 2.75) is 57.7 Å². The van der Waals surface area contributed by atoms with Crippen LogP contribution in [-0.4, -0.2) is 90.5 Å². The lowest BCUT2D eigenvalue weighted by atomic mass is 10.1. The van der Waals surface area contributed by atoms with Gasteiger partial charge in [-0.1, -0.05) is 0 Å². The van der Waals surface area contributed by atoms with E-state index in [2.05, 4.69) is 34.3 Å². The van der Waals surface area contributed by atoms with E-state index in [-0.39, 0.29) is 30.8 Å². The van der Waals surface area contributed by atoms with Gasteiger partial charge in [0.05, 0.1) is 0 Å². The summed E-state index contributed by atoms with van der Waals surface area (Å²) in [7, 11) is 4.01. The Morgan fingerprint density at radius 3 is 2.21 bits per heavy atom. The van der Waals surface area contributed by atoms with E-state index in [0.717, 1.165) is 6.54 Å². The first kappa shape index (κ1) is 22.1. The number of imide groups is 1. The number of hydrogen-bond acceptors (Lipinski definition) is 7. The Labute approximate surface area is 165 Å². The van der Waals surface area contributed by atoms with Gasteiger partial charge in [-0.15, -0.1) is 5.06 Å². The summed E-state index contributed by atoms with van der Waals surface area (Å²) < 4.78 is 0. The van der Waals surface area contributed by atoms with Crippen molar-refractivity contribution in [1.82, 2.24) is 25.5 Å². The molecule has 0 aromatic heterocycles. The van der Waals surface area contributed by atoms with Crippen molar-refractivity contribution in [2.75, 3.05) is 33.7 Å². The molecule has 2 saturated heterocycles. The van der Waals surface area contributed by atoms with Crippen LogP contribution in [0.5, 0.6) is 0 Å². The number of unbranched alkanes of at least 4 members (excludes halogenated alkanes) is 1. The predicted molar refractivity (Wildman–Crippen MR) is 101 cm³/mol. The summed E-state index contributed by atoms with van der Waals surface area (Å²) in [5, 5.41) is 5.96. The first-order valence-corrected chi connectivity index (χ1v) is 9.73. The smallest absolute Gasteiger partial charge is 0.355 e. The third-order valence-corrected chi connectivity index (χ3v) is 5.44. The second kappa shape index (κ2) is 9.83. The SMILES string of the molecule is CC1C(C(=O)N[13CH2][13CH2][13CH2][13CH2]NC(=O)ON2C(=O)CCC2=O)N([13CH3])[13CH2][13CH]([13CH3])[15N]1[13CH3]. The summed E-state index contributed by atoms with van der Waals surface area (Å²) in [6.07, 6.45) is 0.613. The van der Waals surface area contributed by atoms with E-state index < -0.39 is 17.9 Å². The molecular weight excluding hydrogens is 376 g/mol. The van der Waals surface area contributed by atoms with Crippen molar-refractivity contribution in [3.05, 3.63) is 0 Å². The van der Waals surface area contributed by atoms with Gasteiger partial charge in [0.25, 0.3) is 11.8 Å². The average Bonchev–Trinajstić information content (AvgIpc) is 2.94. The zero-order valence-corrected chi connectivity index (χ0v) is 17.1. The topological polar surface area (TPSA) is 111 Å². The first-order chi connectivity index (χ1) is 13.2. The lowest BCUT2D eigenvalue weighted by Gasteiger charge is -2.46. The molecule has 0 spiro atoms. The summed E-state index contributed by atoms with van der Waals surface area (Å²) in [6, 6.07) is 0.340. The Balaban J connectivity index is 1.61. The quantitative estimate of drug-likeness (QED) is 0.258. The summed E-state index contributed by atoms with van der Waals surface area (Å²) in [6.45, 7) is 5.88. The number of likely N-dealkylation sites (N-methyl/N-ethyl adjacent to an activating group) is 2. The molecule has 2 fully saturated rings. The van der Waals surface area contributed by atoms with E-state index in [4.69, 9.17) is 4.84 Å². The number of piperazine rings is 1. The highest BCUT2D eigenvalue weighted by atomic mass is 16.7. The maximum Gasteiger partial charge on any atom is 0.432 e. The highest BCUT2D eigenvalue weighted by Gasteiger charge is 2.38. The van der Waals surface area contributed by atoms with Gasteiger partial charge in [-0.25, -0.2) is 4.79 Å². The maximum absolute atomic E-state index is 12.5. The molecule has 158 valence electrons. The van der Waals surface area contributed by atoms with Crippen molar-refractivity contribution in [3.63, 3.8) is 0 Å². The van der Waals surface area contributed by atoms with Gasteiger partial charge >= 0.3 is 6.09 Å². The largest absolute Gasteiger partial charge is 0.432 e. The zero-order chi connectivity index (χ0) is 20.8. The number of rotatable bonds is 7. The van der Waals surface area contributed by atoms with E-state index in [0.29, 0.717) is 37.0 Å². The van der Waals surface area contributed by atoms with Gasteiger partial charge in [-0.3, -0.25) is 24.2 Å². The molecule has 2 aliphatic heterocycles. The standard InChI is InChI=1S/C18H31N5O5/c1-12-11-21(3)16(13(2)22(12)4)17(26)19-9-5-6-10-20-18(27)28-23-14(24)7-8-15(23)25/h12-13,16H,5-11H2,1-4H3,(H,19,26)(H,20,27)/i1+1,3+1,4+1,5+1,6+1,9+1,10+1,11+1,12+1,22+1. The van der Waals surface area contributed by atoms with Gasteiger partial charge in [0.1, 0.15) is 6.04 Å². The van der Waals surface area contributed by atoms with Crippen molar-refractivity contribution >= 4 is 23.8 Å². The fourth-order valence-corrected chi connectivity index (χ4v) is 3.60. The Hall–Kier alpha value is -2.20. The molecule has 0 bridgehead atoms. The van der Waals surface area contributed by atoms with Crippen molar-refractivity contribution in [3.8, 4) is 0 Å². The van der Waals surface area contributed by atoms with E-state index >= 15 is 0 Å². The molecule has 0 radical (unpaired) electrons. The van der Waals surface area contributed by atoms with E-state index in [1.807, 2.05) is 14.1 Å². The highest BCUT2D eigenvalue weighted by Crippen LogP contribution is 2.18. The summed E-state index contributed by atoms with van der Waals surface area (Å²) in [5.74, 6) is -1.01. The Bertz CT molecular complexity index is 597. The molecule has 0 aliphatic carbocycles. The van der Waals surface area contributed by atoms with Crippen LogP contribution in [0.25, 0.3) is 0 Å². The normalized spacial score (nSPS) is 26.4. The number of amides is 4. The molecule has 3 atom stereocenters. The molecule has 0 aromatic rings. The zero-order valence-electron chi connectivity index (χ0n) is 17.1. The van der Waals surface area contributed by atoms with Gasteiger partial charge < -0.3 is 15.5 Å². The van der Waals surface area contributed by atoms with E-state index in [9.17, 15) is 19.2 Å². The third-order valence-electron chi connectivity index (χ3n) is 5.44. The van der Waals surface area contributed by atoms with Crippen LogP contribution in [-0.2, 0) is 19.2 Å². The third kappa shape index (κ3) is 5.41. The monoisotopic (exact) mass is 407 g/mol. The number of carbonyl (C=O) groups excluding carboxylic acids is 4. The highest BCUT2D eigenvalue weighted by molar-refractivity contribution is 6.01. The van der Waals surface area contributed by atoms with Crippen molar-refractivity contribution in [1.29, 1.82) is 0 Å². The molecule has 2 N–H and O–H groups in total. The van der Waals surface area contributed by atoms with Gasteiger partial charge in [0.15, 0.2) is 0 Å². The second-order valence-electron chi connectivity index (χ2n) is 7.53. The maximum atomic E-state index is 12.5. The number of hydroxylamine groups is 2. The van der Waals surface area contributed by atoms with Gasteiger partial charge in [0, 0.05) is 44.6 Å². The van der Waals surface area contributed by atoms with Crippen LogP contribution in [0.3, 0.4) is 0 Å². The predicted octanol–water partition coefficient (Wildman–Crippen LogP) is -0.304. The van der Waals surface area contributed by atoms with Crippen LogP contribution in [0.2, 0.25) is 0 Å². The van der Waals surface area contributed by atoms with Gasteiger partial charge in [-0.05, 0) is 40.8 Å². The van der Waals surface area contributed by atoms with Crippen LogP contribution in [0.4, 0.5) is 4.79 Å². The van der Waals surface area contributed by atoms with Crippen molar-refractivity contribution in [2.24, 2.45) is 0 Å². The number of hydrogen-bond donors (Lipinski definition) is 2. The lowest BCUT2D eigenvalue weighted by molar-refractivity contribution is -0.171. The average molecular weight is 407 g/mol. The van der Waals surface area contributed by atoms with E-state index in [1.54, 1.807) is 0 Å². The lowest BCUT2D eigenvalue weighted by Crippen LogP contribution is -2.64. The molecule has 3 unspecified atom stereocenters. The Morgan fingerprint density at radius 2 is 1.61 bits per heavy atom. The van der Waals surface area contributed by atoms with Crippen LogP contribution < -0.4 is 10.6 Å². The minimum absolute atomic E-state index is 0.00665. The molecule has 0 saturated carbocycles. The summed E-state index contributed by atoms with van der Waals surface area (Å²) >= 11 is 0. The fraction of sp³-hybridized carbons (Fsp3) is 0.778. The number of nitrogens with one attached hydrogen (secondary N) is 2. The van der Waals surface area contributed by atoms with Crippen LogP contribution in [0.1, 0.15) is 39.5 Å². The molecule has 0 aromatic carbocycles. The van der Waals surface area contributed by atoms with Crippen molar-refractivity contribution < 1.29 is 24.0 Å². The molecule has 4 amide bonds. The van der Waals surface area contributed by atoms with Crippen LogP contribution in [0, 0.1) is 0 Å². The summed E-state index contributed by atoms with van der Waals surface area (Å²) in [4.78, 5) is 55.9. The fourth-order valence-electron chi connectivity index (χ4n) is 3.60. The molecule has 28 heavy (non-hydrogen) atoms. The molecule has 10 heteroatoms. The van der Waals surface area contributed by atoms with Gasteiger partial charge in [-0.2, -0.15) is 0 Å². The molecule has 2 rings (SSSR count). The van der Waals surface area contributed by atoms with Crippen LogP contribution in [0.15, 0.2) is 0 Å². The number of carbonyl (C=O) groups is 4. The first-order valence-electron chi connectivity index (χ1n) is 9.73. The molecular formula is C18H31N5O5. The number of nitrogens with zero attached hydrogens (tertiary/aromatic N) is 3. The molecule has 10 nitrogen and oxygen atoms in total. The minimum Gasteiger partial charge on any atom is -0.355 e. The van der Waals surface area contributed by atoms with Gasteiger partial charge in [0.2, 0.25) is 5.91 Å².